The molecule has 1 aliphatic carbocycles. The minimum Gasteiger partial charge on any atom is -0.483 e. The van der Waals surface area contributed by atoms with Crippen molar-refractivity contribution in [1.82, 2.24) is 15.5 Å². The third kappa shape index (κ3) is 4.52. The van der Waals surface area contributed by atoms with Crippen LogP contribution in [0.4, 0.5) is 8.78 Å². The zero-order valence-corrected chi connectivity index (χ0v) is 16.8. The van der Waals surface area contributed by atoms with Crippen LogP contribution in [-0.2, 0) is 20.9 Å². The second-order valence-corrected chi connectivity index (χ2v) is 8.17. The molecule has 0 aromatic heterocycles. The molecule has 1 unspecified atom stereocenters. The van der Waals surface area contributed by atoms with E-state index in [-0.39, 0.29) is 69.5 Å². The number of rotatable bonds is 5. The number of ether oxygens (including phenoxy) is 1. The zero-order valence-electron chi connectivity index (χ0n) is 16.8. The second kappa shape index (κ2) is 8.24. The van der Waals surface area contributed by atoms with Crippen molar-refractivity contribution in [3.63, 3.8) is 0 Å². The molecule has 2 aliphatic heterocycles. The molecule has 1 saturated heterocycles. The molecule has 2 fully saturated rings. The fourth-order valence-electron chi connectivity index (χ4n) is 4.29. The topological polar surface area (TPSA) is 105 Å². The van der Waals surface area contributed by atoms with Crippen molar-refractivity contribution in [2.75, 3.05) is 6.61 Å². The largest absolute Gasteiger partial charge is 0.483 e. The van der Waals surface area contributed by atoms with Gasteiger partial charge in [0.05, 0.1) is 6.54 Å². The summed E-state index contributed by atoms with van der Waals surface area (Å²) in [6.07, 6.45) is 0.354. The van der Waals surface area contributed by atoms with Gasteiger partial charge in [0.25, 0.3) is 11.8 Å². The van der Waals surface area contributed by atoms with Crippen LogP contribution >= 0.6 is 0 Å². The molecule has 0 radical (unpaired) electrons. The van der Waals surface area contributed by atoms with Crippen molar-refractivity contribution in [3.8, 4) is 5.75 Å². The van der Waals surface area contributed by atoms with Crippen molar-refractivity contribution in [3.05, 3.63) is 29.3 Å². The highest BCUT2D eigenvalue weighted by atomic mass is 19.3. The van der Waals surface area contributed by atoms with E-state index in [2.05, 4.69) is 10.6 Å². The number of nitrogens with one attached hydrogen (secondary N) is 2. The summed E-state index contributed by atoms with van der Waals surface area (Å²) < 4.78 is 32.1. The van der Waals surface area contributed by atoms with Gasteiger partial charge in [-0.15, -0.1) is 0 Å². The molecule has 2 heterocycles. The number of imide groups is 1. The molecule has 3 aliphatic rings. The molecule has 0 bridgehead atoms. The number of carbonyl (C=O) groups excluding carboxylic acids is 4. The number of halogens is 2. The molecule has 10 heteroatoms. The Morgan fingerprint density at radius 2 is 1.94 bits per heavy atom. The van der Waals surface area contributed by atoms with Crippen LogP contribution < -0.4 is 15.4 Å². The minimum atomic E-state index is -2.66. The standard InChI is InChI=1S/C21H23F2N3O5/c22-21(23)8-6-12(7-9-21)24-18(28)11-31-16-3-1-2-13-14(16)10-26(20(13)30)15-4-5-17(27)25-19(15)29/h1-3,12,15H,4-11H2,(H,24,28)(H,25,27,29). The number of alkyl halides is 2. The lowest BCUT2D eigenvalue weighted by molar-refractivity contribution is -0.137. The van der Waals surface area contributed by atoms with Crippen LogP contribution in [0.3, 0.4) is 0 Å². The van der Waals surface area contributed by atoms with Crippen LogP contribution in [0.15, 0.2) is 18.2 Å². The van der Waals surface area contributed by atoms with Gasteiger partial charge in [-0.3, -0.25) is 24.5 Å². The fourth-order valence-corrected chi connectivity index (χ4v) is 4.29. The minimum absolute atomic E-state index is 0.135. The van der Waals surface area contributed by atoms with Gasteiger partial charge in [-0.05, 0) is 31.4 Å². The molecule has 1 saturated carbocycles. The maximum Gasteiger partial charge on any atom is 0.258 e. The van der Waals surface area contributed by atoms with E-state index in [1.807, 2.05) is 0 Å². The first-order valence-corrected chi connectivity index (χ1v) is 10.3. The van der Waals surface area contributed by atoms with Gasteiger partial charge in [0.15, 0.2) is 6.61 Å². The predicted octanol–water partition coefficient (Wildman–Crippen LogP) is 1.52. The molecule has 1 aromatic carbocycles. The van der Waals surface area contributed by atoms with E-state index in [1.54, 1.807) is 18.2 Å². The van der Waals surface area contributed by atoms with Crippen molar-refractivity contribution in [1.29, 1.82) is 0 Å². The highest BCUT2D eigenvalue weighted by Crippen LogP contribution is 2.34. The predicted molar refractivity (Wildman–Crippen MR) is 103 cm³/mol. The van der Waals surface area contributed by atoms with Crippen molar-refractivity contribution >= 4 is 23.6 Å². The van der Waals surface area contributed by atoms with Crippen LogP contribution in [0.2, 0.25) is 0 Å². The first kappa shape index (κ1) is 21.2. The third-order valence-electron chi connectivity index (χ3n) is 5.98. The number of benzene rings is 1. The quantitative estimate of drug-likeness (QED) is 0.683. The number of piperidine rings is 1. The van der Waals surface area contributed by atoms with E-state index in [0.29, 0.717) is 16.9 Å². The summed E-state index contributed by atoms with van der Waals surface area (Å²) >= 11 is 0. The van der Waals surface area contributed by atoms with Crippen molar-refractivity contribution < 1.29 is 32.7 Å². The molecule has 1 aromatic rings. The number of carbonyl (C=O) groups is 4. The van der Waals surface area contributed by atoms with Gasteiger partial charge in [0, 0.05) is 36.4 Å². The molecule has 1 atom stereocenters. The van der Waals surface area contributed by atoms with Gasteiger partial charge in [-0.1, -0.05) is 6.07 Å². The molecule has 4 amide bonds. The number of amides is 4. The van der Waals surface area contributed by atoms with E-state index < -0.39 is 23.8 Å². The maximum atomic E-state index is 13.2. The van der Waals surface area contributed by atoms with Crippen molar-refractivity contribution in [2.24, 2.45) is 0 Å². The summed E-state index contributed by atoms with van der Waals surface area (Å²) in [6, 6.07) is 3.84. The van der Waals surface area contributed by atoms with Gasteiger partial charge < -0.3 is 15.0 Å². The zero-order chi connectivity index (χ0) is 22.2. The number of hydrogen-bond acceptors (Lipinski definition) is 5. The summed E-state index contributed by atoms with van der Waals surface area (Å²) in [5.41, 5.74) is 0.958. The Morgan fingerprint density at radius 3 is 2.65 bits per heavy atom. The van der Waals surface area contributed by atoms with Gasteiger partial charge in [-0.25, -0.2) is 8.78 Å². The monoisotopic (exact) mass is 435 g/mol. The van der Waals surface area contributed by atoms with E-state index in [9.17, 15) is 28.0 Å². The number of nitrogens with zero attached hydrogens (tertiary/aromatic N) is 1. The van der Waals surface area contributed by atoms with Crippen molar-refractivity contribution in [2.45, 2.75) is 63.1 Å². The number of fused-ring (bicyclic) bond motifs is 1. The van der Waals surface area contributed by atoms with Gasteiger partial charge in [0.1, 0.15) is 11.8 Å². The second-order valence-electron chi connectivity index (χ2n) is 8.17. The van der Waals surface area contributed by atoms with E-state index in [4.69, 9.17) is 4.74 Å². The Hall–Kier alpha value is -3.04. The van der Waals surface area contributed by atoms with Crippen LogP contribution in [-0.4, -0.2) is 53.1 Å². The molecular weight excluding hydrogens is 412 g/mol. The SMILES string of the molecule is O=C1CCC(N2Cc3c(OCC(=O)NC4CCC(F)(F)CC4)cccc3C2=O)C(=O)N1. The van der Waals surface area contributed by atoms with Crippen LogP contribution in [0.1, 0.15) is 54.4 Å². The number of hydrogen-bond donors (Lipinski definition) is 2. The Labute approximate surface area is 177 Å². The molecule has 2 N–H and O–H groups in total. The summed E-state index contributed by atoms with van der Waals surface area (Å²) in [5, 5.41) is 4.96. The van der Waals surface area contributed by atoms with Gasteiger partial charge >= 0.3 is 0 Å². The molecule has 4 rings (SSSR count). The Bertz CT molecular complexity index is 926. The fraction of sp³-hybridized carbons (Fsp3) is 0.524. The van der Waals surface area contributed by atoms with Crippen LogP contribution in [0, 0.1) is 0 Å². The Balaban J connectivity index is 1.37. The van der Waals surface area contributed by atoms with Gasteiger partial charge in [0.2, 0.25) is 17.7 Å². The van der Waals surface area contributed by atoms with E-state index >= 15 is 0 Å². The lowest BCUT2D eigenvalue weighted by atomic mass is 9.92. The summed E-state index contributed by atoms with van der Waals surface area (Å²) in [7, 11) is 0. The lowest BCUT2D eigenvalue weighted by Crippen LogP contribution is -2.52. The van der Waals surface area contributed by atoms with Crippen LogP contribution in [0.25, 0.3) is 0 Å². The first-order chi connectivity index (χ1) is 14.7. The molecule has 166 valence electrons. The smallest absolute Gasteiger partial charge is 0.258 e. The van der Waals surface area contributed by atoms with Crippen LogP contribution in [0.5, 0.6) is 5.75 Å². The highest BCUT2D eigenvalue weighted by molar-refractivity contribution is 6.05. The van der Waals surface area contributed by atoms with Gasteiger partial charge in [-0.2, -0.15) is 0 Å². The molecule has 31 heavy (non-hydrogen) atoms. The summed E-state index contributed by atoms with van der Waals surface area (Å²) in [5.74, 6) is -3.92. The molecular formula is C21H23F2N3O5. The Morgan fingerprint density at radius 1 is 1.19 bits per heavy atom. The average molecular weight is 435 g/mol. The average Bonchev–Trinajstić information content (AvgIpc) is 3.05. The first-order valence-electron chi connectivity index (χ1n) is 10.3. The summed E-state index contributed by atoms with van der Waals surface area (Å²) in [4.78, 5) is 49.9. The summed E-state index contributed by atoms with van der Waals surface area (Å²) in [6.45, 7) is -0.175. The van der Waals surface area contributed by atoms with E-state index in [0.717, 1.165) is 0 Å². The third-order valence-corrected chi connectivity index (χ3v) is 5.98. The highest BCUT2D eigenvalue weighted by Gasteiger charge is 2.40. The van der Waals surface area contributed by atoms with E-state index in [1.165, 1.54) is 4.90 Å². The lowest BCUT2D eigenvalue weighted by Gasteiger charge is -2.29. The normalized spacial score (nSPS) is 23.4. The molecule has 8 nitrogen and oxygen atoms in total. The molecule has 0 spiro atoms. The Kier molecular flexibility index (Phi) is 5.63. The maximum absolute atomic E-state index is 13.2.